The van der Waals surface area contributed by atoms with E-state index in [0.717, 1.165) is 5.69 Å². The molecule has 2 aliphatic heterocycles. The highest BCUT2D eigenvalue weighted by atomic mass is 32.1. The van der Waals surface area contributed by atoms with Gasteiger partial charge < -0.3 is 19.3 Å². The van der Waals surface area contributed by atoms with Gasteiger partial charge in [0.05, 0.1) is 12.3 Å². The van der Waals surface area contributed by atoms with Crippen LogP contribution in [0.3, 0.4) is 0 Å². The van der Waals surface area contributed by atoms with Gasteiger partial charge in [0.25, 0.3) is 11.8 Å². The lowest BCUT2D eigenvalue weighted by molar-refractivity contribution is -0.122. The van der Waals surface area contributed by atoms with Crippen molar-refractivity contribution >= 4 is 52.7 Å². The second kappa shape index (κ2) is 12.0. The van der Waals surface area contributed by atoms with Gasteiger partial charge in [-0.3, -0.25) is 19.8 Å². The summed E-state index contributed by atoms with van der Waals surface area (Å²) < 4.78 is 11.0. The highest BCUT2D eigenvalue weighted by Crippen LogP contribution is 2.29. The van der Waals surface area contributed by atoms with Crippen molar-refractivity contribution in [3.05, 3.63) is 90.0 Å². The lowest BCUT2D eigenvalue weighted by Gasteiger charge is -2.36. The van der Waals surface area contributed by atoms with Crippen LogP contribution < -0.4 is 19.9 Å². The highest BCUT2D eigenvalue weighted by molar-refractivity contribution is 7.80. The van der Waals surface area contributed by atoms with Crippen molar-refractivity contribution in [3.8, 4) is 11.5 Å². The van der Waals surface area contributed by atoms with Crippen molar-refractivity contribution < 1.29 is 23.9 Å². The van der Waals surface area contributed by atoms with Crippen LogP contribution in [-0.2, 0) is 14.3 Å². The van der Waals surface area contributed by atoms with Gasteiger partial charge in [0.1, 0.15) is 17.1 Å². The van der Waals surface area contributed by atoms with Crippen LogP contribution in [0.1, 0.15) is 12.5 Å². The highest BCUT2D eigenvalue weighted by Gasteiger charge is 2.35. The molecule has 0 aromatic heterocycles. The summed E-state index contributed by atoms with van der Waals surface area (Å²) in [5.41, 5.74) is 2.05. The van der Waals surface area contributed by atoms with Crippen molar-refractivity contribution in [2.75, 3.05) is 42.6 Å². The van der Waals surface area contributed by atoms with Crippen molar-refractivity contribution in [2.45, 2.75) is 6.92 Å². The van der Waals surface area contributed by atoms with Crippen LogP contribution >= 0.6 is 12.2 Å². The molecule has 0 aliphatic carbocycles. The van der Waals surface area contributed by atoms with Crippen molar-refractivity contribution in [1.29, 1.82) is 0 Å². The topological polar surface area (TPSA) is 91.4 Å². The summed E-state index contributed by atoms with van der Waals surface area (Å²) in [5.74, 6) is 0.213. The summed E-state index contributed by atoms with van der Waals surface area (Å²) in [6.07, 6.45) is 1.27. The molecule has 2 fully saturated rings. The fourth-order valence-electron chi connectivity index (χ4n) is 4.58. The zero-order chi connectivity index (χ0) is 28.1. The molecule has 204 valence electrons. The third kappa shape index (κ3) is 5.81. The van der Waals surface area contributed by atoms with E-state index in [1.54, 1.807) is 42.2 Å². The fraction of sp³-hybridized carbons (Fsp3) is 0.200. The Bertz CT molecular complexity index is 1450. The lowest BCUT2D eigenvalue weighted by Crippen LogP contribution is -2.54. The molecule has 40 heavy (non-hydrogen) atoms. The first-order chi connectivity index (χ1) is 19.4. The second-order valence-corrected chi connectivity index (χ2v) is 9.49. The van der Waals surface area contributed by atoms with Gasteiger partial charge in [0.2, 0.25) is 0 Å². The predicted molar refractivity (Wildman–Crippen MR) is 156 cm³/mol. The number of hydrogen-bond donors (Lipinski definition) is 1. The summed E-state index contributed by atoms with van der Waals surface area (Å²) in [7, 11) is 0. The van der Waals surface area contributed by atoms with Gasteiger partial charge in [-0.15, -0.1) is 0 Å². The van der Waals surface area contributed by atoms with Crippen molar-refractivity contribution in [2.24, 2.45) is 0 Å². The number of nitrogens with one attached hydrogen (secondary N) is 1. The predicted octanol–water partition coefficient (Wildman–Crippen LogP) is 4.59. The zero-order valence-electron chi connectivity index (χ0n) is 21.9. The summed E-state index contributed by atoms with van der Waals surface area (Å²) in [6, 6.07) is 23.8. The van der Waals surface area contributed by atoms with Gasteiger partial charge in [-0.25, -0.2) is 4.79 Å². The minimum absolute atomic E-state index is 0.00671. The fourth-order valence-corrected chi connectivity index (χ4v) is 4.86. The molecule has 1 N–H and O–H groups in total. The molecule has 0 bridgehead atoms. The number of nitrogens with zero attached hydrogens (tertiary/aromatic N) is 3. The Kier molecular flexibility index (Phi) is 8.07. The number of thiocarbonyl (C=S) groups is 1. The third-order valence-electron chi connectivity index (χ3n) is 6.56. The number of piperazine rings is 1. The minimum Gasteiger partial charge on any atom is -0.457 e. The number of ether oxygens (including phenoxy) is 2. The first-order valence-corrected chi connectivity index (χ1v) is 13.4. The van der Waals surface area contributed by atoms with Gasteiger partial charge in [0.15, 0.2) is 5.11 Å². The normalized spacial score (nSPS) is 16.7. The molecule has 9 nitrogen and oxygen atoms in total. The SMILES string of the molecule is CCOC(=O)N1CCN(c2ccccc2/C=C2\C(=O)NC(=S)N(c3ccc(Oc4ccccc4)cc3)C2=O)CC1. The summed E-state index contributed by atoms with van der Waals surface area (Å²) in [6.45, 7) is 4.31. The summed E-state index contributed by atoms with van der Waals surface area (Å²) >= 11 is 5.36. The molecule has 0 unspecified atom stereocenters. The standard InChI is InChI=1S/C30H28N4O5S/c1-2-38-30(37)33-18-16-32(17-19-33)26-11-7-6-8-21(26)20-25-27(35)31-29(40)34(28(25)36)22-12-14-24(15-13-22)39-23-9-4-3-5-10-23/h3-15,20H,2,16-19H2,1H3,(H,31,35,40)/b25-20+. The maximum Gasteiger partial charge on any atom is 0.409 e. The van der Waals surface area contributed by atoms with Crippen molar-refractivity contribution in [1.82, 2.24) is 10.2 Å². The van der Waals surface area contributed by atoms with E-state index in [9.17, 15) is 14.4 Å². The Balaban J connectivity index is 1.36. The van der Waals surface area contributed by atoms with E-state index in [4.69, 9.17) is 21.7 Å². The Morgan fingerprint density at radius 2 is 1.55 bits per heavy atom. The molecule has 0 radical (unpaired) electrons. The molecule has 10 heteroatoms. The number of carbonyl (C=O) groups excluding carboxylic acids is 3. The Labute approximate surface area is 237 Å². The minimum atomic E-state index is -0.558. The molecular formula is C30H28N4O5S. The molecule has 3 amide bonds. The first kappa shape index (κ1) is 26.9. The number of para-hydroxylation sites is 2. The summed E-state index contributed by atoms with van der Waals surface area (Å²) in [4.78, 5) is 43.7. The van der Waals surface area contributed by atoms with E-state index in [1.165, 1.54) is 4.90 Å². The monoisotopic (exact) mass is 556 g/mol. The van der Waals surface area contributed by atoms with E-state index in [0.29, 0.717) is 55.5 Å². The van der Waals surface area contributed by atoms with E-state index in [2.05, 4.69) is 10.2 Å². The molecule has 0 spiro atoms. The molecule has 0 saturated carbocycles. The van der Waals surface area contributed by atoms with Gasteiger partial charge in [-0.2, -0.15) is 0 Å². The molecule has 3 aromatic carbocycles. The van der Waals surface area contributed by atoms with Crippen LogP contribution in [0.5, 0.6) is 11.5 Å². The number of anilines is 2. The average Bonchev–Trinajstić information content (AvgIpc) is 2.97. The molecule has 3 aromatic rings. The molecule has 2 heterocycles. The smallest absolute Gasteiger partial charge is 0.409 e. The van der Waals surface area contributed by atoms with Gasteiger partial charge >= 0.3 is 6.09 Å². The number of rotatable bonds is 6. The molecular weight excluding hydrogens is 528 g/mol. The number of amides is 3. The number of carbonyl (C=O) groups is 3. The number of hydrogen-bond acceptors (Lipinski definition) is 7. The van der Waals surface area contributed by atoms with E-state index in [-0.39, 0.29) is 16.8 Å². The molecule has 5 rings (SSSR count). The second-order valence-electron chi connectivity index (χ2n) is 9.10. The Morgan fingerprint density at radius 1 is 0.900 bits per heavy atom. The van der Waals surface area contributed by atoms with Gasteiger partial charge in [-0.05, 0) is 73.2 Å². The maximum atomic E-state index is 13.6. The van der Waals surface area contributed by atoms with Crippen LogP contribution in [-0.4, -0.2) is 60.7 Å². The van der Waals surface area contributed by atoms with Crippen LogP contribution in [0, 0.1) is 0 Å². The lowest BCUT2D eigenvalue weighted by atomic mass is 10.0. The van der Waals surface area contributed by atoms with Crippen LogP contribution in [0.25, 0.3) is 6.08 Å². The van der Waals surface area contributed by atoms with E-state index in [1.807, 2.05) is 54.6 Å². The van der Waals surface area contributed by atoms with Crippen LogP contribution in [0.2, 0.25) is 0 Å². The quantitative estimate of drug-likeness (QED) is 0.270. The largest absolute Gasteiger partial charge is 0.457 e. The molecule has 2 saturated heterocycles. The maximum absolute atomic E-state index is 13.6. The average molecular weight is 557 g/mol. The van der Waals surface area contributed by atoms with Crippen molar-refractivity contribution in [3.63, 3.8) is 0 Å². The van der Waals surface area contributed by atoms with Crippen LogP contribution in [0.15, 0.2) is 84.4 Å². The summed E-state index contributed by atoms with van der Waals surface area (Å²) in [5, 5.41) is 2.65. The molecule has 0 atom stereocenters. The van der Waals surface area contributed by atoms with Crippen LogP contribution in [0.4, 0.5) is 16.2 Å². The zero-order valence-corrected chi connectivity index (χ0v) is 22.7. The van der Waals surface area contributed by atoms with Gasteiger partial charge in [-0.1, -0.05) is 36.4 Å². The van der Waals surface area contributed by atoms with E-state index < -0.39 is 11.8 Å². The number of benzene rings is 3. The first-order valence-electron chi connectivity index (χ1n) is 12.9. The van der Waals surface area contributed by atoms with E-state index >= 15 is 0 Å². The van der Waals surface area contributed by atoms with Gasteiger partial charge in [0, 0.05) is 31.9 Å². The Morgan fingerprint density at radius 3 is 2.25 bits per heavy atom. The third-order valence-corrected chi connectivity index (χ3v) is 6.84. The molecule has 2 aliphatic rings. The Hall–Kier alpha value is -4.70.